The van der Waals surface area contributed by atoms with Gasteiger partial charge in [0.05, 0.1) is 6.61 Å². The summed E-state index contributed by atoms with van der Waals surface area (Å²) < 4.78 is 6.12. The Morgan fingerprint density at radius 3 is 2.32 bits per heavy atom. The van der Waals surface area contributed by atoms with E-state index in [2.05, 4.69) is 50.9 Å². The number of para-hydroxylation sites is 1. The molecule has 0 saturated heterocycles. The normalized spacial score (nSPS) is 11.6. The van der Waals surface area contributed by atoms with Gasteiger partial charge >= 0.3 is 0 Å². The van der Waals surface area contributed by atoms with Crippen molar-refractivity contribution in [2.75, 3.05) is 18.6 Å². The molecule has 0 bridgehead atoms. The highest BCUT2D eigenvalue weighted by Crippen LogP contribution is 2.34. The van der Waals surface area contributed by atoms with Crippen molar-refractivity contribution < 1.29 is 4.74 Å². The zero-order valence-corrected chi connectivity index (χ0v) is 14.0. The molecule has 0 unspecified atom stereocenters. The molecule has 3 heteroatoms. The van der Waals surface area contributed by atoms with Crippen LogP contribution in [0.1, 0.15) is 39.5 Å². The molecule has 1 nitrogen and oxygen atoms in total. The van der Waals surface area contributed by atoms with E-state index in [1.807, 2.05) is 6.07 Å². The maximum absolute atomic E-state index is 6.12. The minimum atomic E-state index is 0.220. The molecule has 0 aliphatic heterocycles. The van der Waals surface area contributed by atoms with Crippen LogP contribution in [0.3, 0.4) is 0 Å². The van der Waals surface area contributed by atoms with Crippen LogP contribution in [0, 0.1) is 5.41 Å². The SMILES string of the molecule is CCCC(CS)(CCC)COc1ccccc1SC. The van der Waals surface area contributed by atoms with E-state index in [-0.39, 0.29) is 5.41 Å². The third kappa shape index (κ3) is 4.96. The van der Waals surface area contributed by atoms with E-state index >= 15 is 0 Å². The first-order valence-corrected chi connectivity index (χ1v) is 8.93. The third-order valence-corrected chi connectivity index (χ3v) is 4.95. The third-order valence-electron chi connectivity index (χ3n) is 3.50. The van der Waals surface area contributed by atoms with E-state index in [1.54, 1.807) is 11.8 Å². The van der Waals surface area contributed by atoms with Gasteiger partial charge in [-0.3, -0.25) is 0 Å². The second kappa shape index (κ2) is 8.80. The molecular weight excluding hydrogens is 272 g/mol. The molecule has 108 valence electrons. The predicted octanol–water partition coefficient (Wildman–Crippen LogP) is 5.30. The van der Waals surface area contributed by atoms with Gasteiger partial charge in [-0.05, 0) is 37.0 Å². The predicted molar refractivity (Wildman–Crippen MR) is 89.8 cm³/mol. The summed E-state index contributed by atoms with van der Waals surface area (Å²) in [6.07, 6.45) is 6.84. The summed E-state index contributed by atoms with van der Waals surface area (Å²) in [5, 5.41) is 0. The smallest absolute Gasteiger partial charge is 0.132 e. The van der Waals surface area contributed by atoms with E-state index in [4.69, 9.17) is 4.74 Å². The van der Waals surface area contributed by atoms with Crippen molar-refractivity contribution in [2.24, 2.45) is 5.41 Å². The Labute approximate surface area is 127 Å². The molecule has 0 aromatic heterocycles. The van der Waals surface area contributed by atoms with Gasteiger partial charge in [0.1, 0.15) is 5.75 Å². The van der Waals surface area contributed by atoms with Crippen molar-refractivity contribution in [1.82, 2.24) is 0 Å². The van der Waals surface area contributed by atoms with Gasteiger partial charge in [0.2, 0.25) is 0 Å². The highest BCUT2D eigenvalue weighted by molar-refractivity contribution is 7.98. The molecule has 19 heavy (non-hydrogen) atoms. The van der Waals surface area contributed by atoms with Gasteiger partial charge in [0.25, 0.3) is 0 Å². The fourth-order valence-electron chi connectivity index (χ4n) is 2.50. The Morgan fingerprint density at radius 2 is 1.79 bits per heavy atom. The molecule has 0 amide bonds. The van der Waals surface area contributed by atoms with Gasteiger partial charge in [-0.2, -0.15) is 12.6 Å². The van der Waals surface area contributed by atoms with Crippen LogP contribution in [0.25, 0.3) is 0 Å². The molecule has 1 aromatic rings. The molecular formula is C16H26OS2. The van der Waals surface area contributed by atoms with Crippen molar-refractivity contribution in [1.29, 1.82) is 0 Å². The maximum Gasteiger partial charge on any atom is 0.132 e. The van der Waals surface area contributed by atoms with Crippen molar-refractivity contribution in [3.63, 3.8) is 0 Å². The highest BCUT2D eigenvalue weighted by Gasteiger charge is 2.28. The average molecular weight is 299 g/mol. The maximum atomic E-state index is 6.12. The monoisotopic (exact) mass is 298 g/mol. The molecule has 0 heterocycles. The van der Waals surface area contributed by atoms with E-state index < -0.39 is 0 Å². The molecule has 1 aromatic carbocycles. The first kappa shape index (κ1) is 16.8. The van der Waals surface area contributed by atoms with Crippen LogP contribution in [0.15, 0.2) is 29.2 Å². The van der Waals surface area contributed by atoms with E-state index in [0.717, 1.165) is 18.1 Å². The summed E-state index contributed by atoms with van der Waals surface area (Å²) in [5.41, 5.74) is 0.220. The quantitative estimate of drug-likeness (QED) is 0.489. The molecule has 0 radical (unpaired) electrons. The number of hydrogen-bond donors (Lipinski definition) is 1. The van der Waals surface area contributed by atoms with Crippen LogP contribution in [0.5, 0.6) is 5.75 Å². The van der Waals surface area contributed by atoms with Crippen LogP contribution in [0.2, 0.25) is 0 Å². The van der Waals surface area contributed by atoms with E-state index in [0.29, 0.717) is 0 Å². The molecule has 0 aliphatic carbocycles. The number of thiol groups is 1. The first-order valence-electron chi connectivity index (χ1n) is 7.08. The summed E-state index contributed by atoms with van der Waals surface area (Å²) in [4.78, 5) is 1.21. The van der Waals surface area contributed by atoms with Crippen LogP contribution in [0.4, 0.5) is 0 Å². The Hall–Kier alpha value is -0.280. The molecule has 0 N–H and O–H groups in total. The second-order valence-corrected chi connectivity index (χ2v) is 6.26. The lowest BCUT2D eigenvalue weighted by Crippen LogP contribution is -2.30. The molecule has 0 saturated carbocycles. The Balaban J connectivity index is 2.74. The average Bonchev–Trinajstić information content (AvgIpc) is 2.45. The molecule has 0 aliphatic rings. The van der Waals surface area contributed by atoms with Crippen molar-refractivity contribution in [3.05, 3.63) is 24.3 Å². The van der Waals surface area contributed by atoms with Gasteiger partial charge in [-0.15, -0.1) is 11.8 Å². The summed E-state index contributed by atoms with van der Waals surface area (Å²) in [5.74, 6) is 1.91. The van der Waals surface area contributed by atoms with E-state index in [9.17, 15) is 0 Å². The minimum absolute atomic E-state index is 0.220. The topological polar surface area (TPSA) is 9.23 Å². The second-order valence-electron chi connectivity index (χ2n) is 5.10. The highest BCUT2D eigenvalue weighted by atomic mass is 32.2. The molecule has 0 fully saturated rings. The fourth-order valence-corrected chi connectivity index (χ4v) is 3.45. The number of hydrogen-bond acceptors (Lipinski definition) is 3. The Kier molecular flexibility index (Phi) is 7.77. The van der Waals surface area contributed by atoms with Crippen LogP contribution < -0.4 is 4.74 Å². The number of thioether (sulfide) groups is 1. The zero-order valence-electron chi connectivity index (χ0n) is 12.3. The number of ether oxygens (including phenoxy) is 1. The largest absolute Gasteiger partial charge is 0.492 e. The van der Waals surface area contributed by atoms with Crippen LogP contribution >= 0.6 is 24.4 Å². The molecule has 0 atom stereocenters. The molecule has 1 rings (SSSR count). The van der Waals surface area contributed by atoms with Crippen molar-refractivity contribution in [3.8, 4) is 5.75 Å². The molecule has 0 spiro atoms. The van der Waals surface area contributed by atoms with Gasteiger partial charge in [0.15, 0.2) is 0 Å². The standard InChI is InChI=1S/C16H26OS2/c1-4-10-16(13-18,11-5-2)12-17-14-8-6-7-9-15(14)19-3/h6-9,18H,4-5,10-13H2,1-3H3. The van der Waals surface area contributed by atoms with Gasteiger partial charge in [0, 0.05) is 10.3 Å². The van der Waals surface area contributed by atoms with Gasteiger partial charge in [-0.25, -0.2) is 0 Å². The van der Waals surface area contributed by atoms with Crippen LogP contribution in [-0.2, 0) is 0 Å². The zero-order chi connectivity index (χ0) is 14.1. The Morgan fingerprint density at radius 1 is 1.16 bits per heavy atom. The lowest BCUT2D eigenvalue weighted by molar-refractivity contribution is 0.141. The lowest BCUT2D eigenvalue weighted by atomic mass is 9.82. The van der Waals surface area contributed by atoms with Gasteiger partial charge < -0.3 is 4.74 Å². The number of benzene rings is 1. The summed E-state index contributed by atoms with van der Waals surface area (Å²) >= 11 is 6.32. The lowest BCUT2D eigenvalue weighted by Gasteiger charge is -2.32. The minimum Gasteiger partial charge on any atom is -0.492 e. The van der Waals surface area contributed by atoms with E-state index in [1.165, 1.54) is 30.6 Å². The summed E-state index contributed by atoms with van der Waals surface area (Å²) in [6.45, 7) is 5.25. The first-order chi connectivity index (χ1) is 9.21. The summed E-state index contributed by atoms with van der Waals surface area (Å²) in [6, 6.07) is 8.27. The van der Waals surface area contributed by atoms with Crippen LogP contribution in [-0.4, -0.2) is 18.6 Å². The fraction of sp³-hybridized carbons (Fsp3) is 0.625. The van der Waals surface area contributed by atoms with Crippen molar-refractivity contribution >= 4 is 24.4 Å². The summed E-state index contributed by atoms with van der Waals surface area (Å²) in [7, 11) is 0. The van der Waals surface area contributed by atoms with Crippen molar-refractivity contribution in [2.45, 2.75) is 44.4 Å². The number of rotatable bonds is 9. The Bertz CT molecular complexity index is 360. The van der Waals surface area contributed by atoms with Gasteiger partial charge in [-0.1, -0.05) is 38.8 Å².